The number of fused-ring (bicyclic) bond motifs is 1. The van der Waals surface area contributed by atoms with Crippen molar-refractivity contribution >= 4 is 23.1 Å². The molecule has 5 heteroatoms. The quantitative estimate of drug-likeness (QED) is 0.744. The van der Waals surface area contributed by atoms with Crippen LogP contribution in [0.5, 0.6) is 0 Å². The van der Waals surface area contributed by atoms with E-state index in [1.54, 1.807) is 24.3 Å². The van der Waals surface area contributed by atoms with Crippen LogP contribution in [0.25, 0.3) is 0 Å². The summed E-state index contributed by atoms with van der Waals surface area (Å²) >= 11 is 6.22. The van der Waals surface area contributed by atoms with E-state index < -0.39 is 0 Å². The van der Waals surface area contributed by atoms with Crippen LogP contribution >= 0.6 is 11.6 Å². The van der Waals surface area contributed by atoms with Crippen molar-refractivity contribution in [1.82, 2.24) is 0 Å². The minimum absolute atomic E-state index is 0.00301. The number of hydrogen-bond acceptors (Lipinski definition) is 4. The van der Waals surface area contributed by atoms with Crippen molar-refractivity contribution in [2.75, 3.05) is 13.2 Å². The molecule has 136 valence electrons. The fraction of sp³-hybridized carbons (Fsp3) is 0.318. The fourth-order valence-electron chi connectivity index (χ4n) is 3.89. The molecule has 2 aromatic rings. The van der Waals surface area contributed by atoms with Crippen molar-refractivity contribution in [3.63, 3.8) is 0 Å². The molecule has 0 bridgehead atoms. The van der Waals surface area contributed by atoms with Gasteiger partial charge in [-0.15, -0.1) is 0 Å². The van der Waals surface area contributed by atoms with Crippen LogP contribution in [0.2, 0.25) is 5.02 Å². The zero-order valence-electron chi connectivity index (χ0n) is 14.9. The number of nitriles is 1. The Bertz CT molecular complexity index is 951. The van der Waals surface area contributed by atoms with Gasteiger partial charge in [-0.1, -0.05) is 29.8 Å². The third-order valence-corrected chi connectivity index (χ3v) is 5.59. The molecule has 27 heavy (non-hydrogen) atoms. The summed E-state index contributed by atoms with van der Waals surface area (Å²) in [5.41, 5.74) is 3.93. The van der Waals surface area contributed by atoms with Crippen LogP contribution in [0.1, 0.15) is 46.3 Å². The maximum Gasteiger partial charge on any atom is 0.168 e. The Morgan fingerprint density at radius 3 is 2.63 bits per heavy atom. The molecule has 0 saturated carbocycles. The minimum Gasteiger partial charge on any atom is -0.381 e. The summed E-state index contributed by atoms with van der Waals surface area (Å²) in [7, 11) is 0. The molecule has 1 fully saturated rings. The van der Waals surface area contributed by atoms with E-state index in [1.807, 2.05) is 18.2 Å². The summed E-state index contributed by atoms with van der Waals surface area (Å²) < 4.78 is 5.53. The van der Waals surface area contributed by atoms with Gasteiger partial charge in [-0.05, 0) is 54.7 Å². The number of halogens is 1. The van der Waals surface area contributed by atoms with Crippen LogP contribution in [-0.4, -0.2) is 30.2 Å². The first kappa shape index (κ1) is 17.9. The summed E-state index contributed by atoms with van der Waals surface area (Å²) in [4.78, 5) is 17.9. The van der Waals surface area contributed by atoms with Crippen LogP contribution in [-0.2, 0) is 11.2 Å². The maximum absolute atomic E-state index is 12.8. The van der Waals surface area contributed by atoms with Gasteiger partial charge < -0.3 is 4.74 Å². The molecule has 2 aliphatic heterocycles. The lowest BCUT2D eigenvalue weighted by Crippen LogP contribution is -2.40. The summed E-state index contributed by atoms with van der Waals surface area (Å²) in [5.74, 6) is 0.00301. The highest BCUT2D eigenvalue weighted by atomic mass is 35.5. The molecule has 2 aliphatic rings. The lowest BCUT2D eigenvalue weighted by Gasteiger charge is -2.38. The molecule has 1 saturated heterocycles. The van der Waals surface area contributed by atoms with Crippen LogP contribution in [0.15, 0.2) is 47.5 Å². The average Bonchev–Trinajstić information content (AvgIpc) is 2.68. The van der Waals surface area contributed by atoms with E-state index in [0.717, 1.165) is 36.1 Å². The largest absolute Gasteiger partial charge is 0.381 e. The predicted molar refractivity (Wildman–Crippen MR) is 105 cm³/mol. The van der Waals surface area contributed by atoms with E-state index >= 15 is 0 Å². The first-order valence-electron chi connectivity index (χ1n) is 9.07. The molecule has 0 aromatic heterocycles. The van der Waals surface area contributed by atoms with Gasteiger partial charge in [0.15, 0.2) is 5.78 Å². The van der Waals surface area contributed by atoms with Crippen LogP contribution in [0.3, 0.4) is 0 Å². The molecule has 0 N–H and O–H groups in total. The number of carbonyl (C=O) groups is 1. The van der Waals surface area contributed by atoms with Gasteiger partial charge in [0.25, 0.3) is 0 Å². The molecular weight excluding hydrogens is 360 g/mol. The molecule has 0 amide bonds. The van der Waals surface area contributed by atoms with E-state index in [2.05, 4.69) is 6.07 Å². The van der Waals surface area contributed by atoms with Gasteiger partial charge in [0, 0.05) is 23.8 Å². The topological polar surface area (TPSA) is 62.5 Å². The van der Waals surface area contributed by atoms with Crippen molar-refractivity contribution in [1.29, 1.82) is 5.26 Å². The third kappa shape index (κ3) is 3.66. The van der Waals surface area contributed by atoms with Gasteiger partial charge in [-0.25, -0.2) is 0 Å². The van der Waals surface area contributed by atoms with Crippen molar-refractivity contribution in [2.24, 2.45) is 4.99 Å². The van der Waals surface area contributed by atoms with Crippen LogP contribution in [0.4, 0.5) is 0 Å². The van der Waals surface area contributed by atoms with Crippen molar-refractivity contribution < 1.29 is 9.53 Å². The van der Waals surface area contributed by atoms with Gasteiger partial charge >= 0.3 is 0 Å². The molecule has 4 rings (SSSR count). The Morgan fingerprint density at radius 1 is 1.19 bits per heavy atom. The molecule has 2 aromatic carbocycles. The van der Waals surface area contributed by atoms with E-state index in [4.69, 9.17) is 26.6 Å². The molecular formula is C22H19ClN2O2. The number of nitrogens with zero attached hydrogens (tertiary/aromatic N) is 2. The van der Waals surface area contributed by atoms with Crippen molar-refractivity contribution in [3.8, 4) is 6.07 Å². The predicted octanol–water partition coefficient (Wildman–Crippen LogP) is 4.38. The van der Waals surface area contributed by atoms with Gasteiger partial charge in [-0.3, -0.25) is 9.79 Å². The SMILES string of the molecule is N#Cc1ccc(C(=O)CC2=NC3(CCOCC3)Cc3cc(Cl)ccc32)cc1. The molecule has 4 nitrogen and oxygen atoms in total. The number of Topliss-reactive ketones (excluding diaryl/α,β-unsaturated/α-hetero) is 1. The first-order chi connectivity index (χ1) is 13.1. The monoisotopic (exact) mass is 378 g/mol. The second-order valence-electron chi connectivity index (χ2n) is 7.16. The lowest BCUT2D eigenvalue weighted by atomic mass is 9.78. The van der Waals surface area contributed by atoms with Crippen LogP contribution < -0.4 is 0 Å². The zero-order valence-corrected chi connectivity index (χ0v) is 15.6. The Labute approximate surface area is 163 Å². The number of benzene rings is 2. The molecule has 0 atom stereocenters. The summed E-state index contributed by atoms with van der Waals surface area (Å²) in [6.07, 6.45) is 2.78. The fourth-order valence-corrected chi connectivity index (χ4v) is 4.08. The normalized spacial score (nSPS) is 17.7. The maximum atomic E-state index is 12.8. The average molecular weight is 379 g/mol. The number of rotatable bonds is 3. The number of hydrogen-bond donors (Lipinski definition) is 0. The van der Waals surface area contributed by atoms with E-state index in [-0.39, 0.29) is 17.7 Å². The zero-order chi connectivity index (χ0) is 18.9. The van der Waals surface area contributed by atoms with Gasteiger partial charge in [0.2, 0.25) is 0 Å². The number of carbonyl (C=O) groups excluding carboxylic acids is 1. The Hall–Kier alpha value is -2.48. The number of ketones is 1. The minimum atomic E-state index is -0.198. The second kappa shape index (κ2) is 7.26. The van der Waals surface area contributed by atoms with Crippen LogP contribution in [0, 0.1) is 11.3 Å². The Kier molecular flexibility index (Phi) is 4.82. The van der Waals surface area contributed by atoms with E-state index in [0.29, 0.717) is 29.4 Å². The molecule has 1 spiro atoms. The standard InChI is InChI=1S/C22H19ClN2O2/c23-18-5-6-19-17(11-18)13-22(7-9-27-10-8-22)25-20(19)12-21(26)16-3-1-15(14-24)2-4-16/h1-6,11H,7-10,12-13H2. The molecule has 0 unspecified atom stereocenters. The summed E-state index contributed by atoms with van der Waals surface area (Å²) in [6.45, 7) is 1.38. The van der Waals surface area contributed by atoms with Gasteiger partial charge in [0.1, 0.15) is 0 Å². The first-order valence-corrected chi connectivity index (χ1v) is 9.45. The smallest absolute Gasteiger partial charge is 0.168 e. The van der Waals surface area contributed by atoms with Gasteiger partial charge in [-0.2, -0.15) is 5.26 Å². The molecule has 0 aliphatic carbocycles. The third-order valence-electron chi connectivity index (χ3n) is 5.36. The number of aliphatic imine (C=N–C) groups is 1. The Morgan fingerprint density at radius 2 is 1.93 bits per heavy atom. The highest BCUT2D eigenvalue weighted by Gasteiger charge is 2.37. The molecule has 0 radical (unpaired) electrons. The van der Waals surface area contributed by atoms with Gasteiger partial charge in [0.05, 0.1) is 29.3 Å². The number of ether oxygens (including phenoxy) is 1. The second-order valence-corrected chi connectivity index (χ2v) is 7.60. The Balaban J connectivity index is 1.67. The lowest BCUT2D eigenvalue weighted by molar-refractivity contribution is 0.0536. The highest BCUT2D eigenvalue weighted by Crippen LogP contribution is 2.36. The summed E-state index contributed by atoms with van der Waals surface area (Å²) in [6, 6.07) is 14.6. The van der Waals surface area contributed by atoms with Crippen molar-refractivity contribution in [2.45, 2.75) is 31.2 Å². The molecule has 2 heterocycles. The highest BCUT2D eigenvalue weighted by molar-refractivity contribution is 6.31. The summed E-state index contributed by atoms with van der Waals surface area (Å²) in [5, 5.41) is 9.63. The van der Waals surface area contributed by atoms with E-state index in [1.165, 1.54) is 0 Å². The van der Waals surface area contributed by atoms with Crippen molar-refractivity contribution in [3.05, 3.63) is 69.7 Å². The van der Waals surface area contributed by atoms with E-state index in [9.17, 15) is 4.79 Å².